The maximum absolute atomic E-state index is 13.8. The zero-order chi connectivity index (χ0) is 32.8. The minimum Gasteiger partial charge on any atom is -0.373 e. The van der Waals surface area contributed by atoms with Crippen molar-refractivity contribution in [3.05, 3.63) is 65.1 Å². The van der Waals surface area contributed by atoms with Crippen LogP contribution in [0.1, 0.15) is 52.9 Å². The summed E-state index contributed by atoms with van der Waals surface area (Å²) in [5, 5.41) is 6.00. The lowest BCUT2D eigenvalue weighted by Gasteiger charge is -2.23. The number of guanidine groups is 1. The van der Waals surface area contributed by atoms with E-state index in [1.165, 1.54) is 19.2 Å². The Bertz CT molecular complexity index is 1610. The lowest BCUT2D eigenvalue weighted by molar-refractivity contribution is -0.137. The molecule has 2 aliphatic heterocycles. The summed E-state index contributed by atoms with van der Waals surface area (Å²) in [6.45, 7) is 4.83. The van der Waals surface area contributed by atoms with E-state index >= 15 is 0 Å². The molecule has 1 amide bonds. The molecule has 244 valence electrons. The zero-order valence-corrected chi connectivity index (χ0v) is 26.7. The number of likely N-dealkylation sites (N-methyl/N-ethyl adjacent to an activating group) is 2. The first-order valence-corrected chi connectivity index (χ1v) is 15.4. The summed E-state index contributed by atoms with van der Waals surface area (Å²) >= 11 is 0. The smallest absolute Gasteiger partial charge is 0.373 e. The van der Waals surface area contributed by atoms with Crippen LogP contribution in [0.4, 0.5) is 41.7 Å². The van der Waals surface area contributed by atoms with Gasteiger partial charge in [-0.3, -0.25) is 4.79 Å². The fraction of sp³-hybridized carbons (Fsp3) is 0.424. The van der Waals surface area contributed by atoms with Crippen LogP contribution in [0.25, 0.3) is 0 Å². The first kappa shape index (κ1) is 32.9. The van der Waals surface area contributed by atoms with Gasteiger partial charge in [-0.2, -0.15) is 13.2 Å². The van der Waals surface area contributed by atoms with E-state index in [0.29, 0.717) is 48.3 Å². The van der Waals surface area contributed by atoms with Gasteiger partial charge in [-0.05, 0) is 69.8 Å². The highest BCUT2D eigenvalue weighted by molar-refractivity contribution is 6.05. The quantitative estimate of drug-likeness (QED) is 0.300. The number of benzene rings is 2. The fourth-order valence-corrected chi connectivity index (χ4v) is 5.31. The Morgan fingerprint density at radius 1 is 0.978 bits per heavy atom. The van der Waals surface area contributed by atoms with E-state index in [0.717, 1.165) is 49.3 Å². The third-order valence-corrected chi connectivity index (χ3v) is 8.07. The van der Waals surface area contributed by atoms with Crippen LogP contribution in [0.5, 0.6) is 0 Å². The predicted octanol–water partition coefficient (Wildman–Crippen LogP) is 6.29. The van der Waals surface area contributed by atoms with Crippen LogP contribution >= 0.6 is 0 Å². The Kier molecular flexibility index (Phi) is 10.2. The summed E-state index contributed by atoms with van der Waals surface area (Å²) in [5.74, 6) is 0.573. The normalized spacial score (nSPS) is 15.1. The van der Waals surface area contributed by atoms with E-state index in [1.54, 1.807) is 36.2 Å². The van der Waals surface area contributed by atoms with Gasteiger partial charge in [-0.15, -0.1) is 0 Å². The van der Waals surface area contributed by atoms with Crippen molar-refractivity contribution in [2.45, 2.75) is 45.2 Å². The van der Waals surface area contributed by atoms with Crippen LogP contribution < -0.4 is 15.5 Å². The number of nitrogens with zero attached hydrogens (tertiary/aromatic N) is 7. The third-order valence-electron chi connectivity index (χ3n) is 8.07. The van der Waals surface area contributed by atoms with Crippen LogP contribution in [0, 0.1) is 6.92 Å². The molecule has 0 bridgehead atoms. The molecule has 0 aliphatic carbocycles. The Hall–Kier alpha value is -4.52. The molecule has 0 spiro atoms. The molecule has 0 saturated carbocycles. The molecule has 0 unspecified atom stereocenters. The summed E-state index contributed by atoms with van der Waals surface area (Å²) in [6, 6.07) is 8.66. The van der Waals surface area contributed by atoms with Gasteiger partial charge in [0.1, 0.15) is 12.0 Å². The van der Waals surface area contributed by atoms with Crippen molar-refractivity contribution in [1.29, 1.82) is 0 Å². The number of anilines is 4. The molecule has 1 saturated heterocycles. The number of fused-ring (bicyclic) bond motifs is 1. The second-order valence-corrected chi connectivity index (χ2v) is 11.9. The Morgan fingerprint density at radius 2 is 1.74 bits per heavy atom. The van der Waals surface area contributed by atoms with Crippen molar-refractivity contribution in [3.63, 3.8) is 0 Å². The number of alkyl halides is 3. The number of carbonyl (C=O) groups is 1. The molecule has 5 rings (SSSR count). The van der Waals surface area contributed by atoms with Crippen LogP contribution in [0.2, 0.25) is 0 Å². The second kappa shape index (κ2) is 14.3. The van der Waals surface area contributed by atoms with E-state index in [1.807, 2.05) is 32.1 Å². The molecular formula is C33H40F3N9O. The number of carbonyl (C=O) groups excluding carboxylic acids is 1. The fourth-order valence-electron chi connectivity index (χ4n) is 5.31. The van der Waals surface area contributed by atoms with Gasteiger partial charge in [0, 0.05) is 68.5 Å². The van der Waals surface area contributed by atoms with Crippen molar-refractivity contribution in [3.8, 4) is 0 Å². The molecule has 3 aromatic rings. The van der Waals surface area contributed by atoms with Crippen molar-refractivity contribution >= 4 is 46.6 Å². The highest BCUT2D eigenvalue weighted by atomic mass is 19.4. The summed E-state index contributed by atoms with van der Waals surface area (Å²) in [4.78, 5) is 37.7. The van der Waals surface area contributed by atoms with Gasteiger partial charge in [0.25, 0.3) is 5.91 Å². The van der Waals surface area contributed by atoms with Crippen LogP contribution in [0.3, 0.4) is 0 Å². The van der Waals surface area contributed by atoms with E-state index < -0.39 is 17.6 Å². The maximum atomic E-state index is 13.8. The lowest BCUT2D eigenvalue weighted by atomic mass is 10.1. The van der Waals surface area contributed by atoms with Gasteiger partial charge < -0.3 is 25.3 Å². The number of aryl methyl sites for hydroxylation is 1. The van der Waals surface area contributed by atoms with Gasteiger partial charge in [0.2, 0.25) is 5.96 Å². The SMILES string of the molecule is Cc1ccc(C(=O)Nc2cc(N(C)CCN(C)C)cc(C(F)(F)F)c2)cc1Nc1ncnc2c1N=C(N1CCCCCC1)N=CC2. The van der Waals surface area contributed by atoms with Crippen LogP contribution in [0.15, 0.2) is 52.7 Å². The lowest BCUT2D eigenvalue weighted by Crippen LogP contribution is -2.30. The molecule has 2 aromatic carbocycles. The van der Waals surface area contributed by atoms with Crippen molar-refractivity contribution in [1.82, 2.24) is 19.8 Å². The topological polar surface area (TPSA) is 101 Å². The molecular weight excluding hydrogens is 595 g/mol. The Morgan fingerprint density at radius 3 is 2.46 bits per heavy atom. The minimum atomic E-state index is -4.57. The maximum Gasteiger partial charge on any atom is 0.416 e. The molecule has 10 nitrogen and oxygen atoms in total. The number of rotatable bonds is 8. The number of likely N-dealkylation sites (tertiary alicyclic amines) is 1. The number of aromatic nitrogens is 2. The van der Waals surface area contributed by atoms with Crippen molar-refractivity contribution in [2.24, 2.45) is 9.98 Å². The molecule has 13 heteroatoms. The molecule has 1 aromatic heterocycles. The molecule has 0 radical (unpaired) electrons. The van der Waals surface area contributed by atoms with E-state index in [2.05, 4.69) is 30.5 Å². The number of aliphatic imine (C=N–C) groups is 2. The molecule has 1 fully saturated rings. The zero-order valence-electron chi connectivity index (χ0n) is 26.7. The number of halogens is 3. The molecule has 46 heavy (non-hydrogen) atoms. The highest BCUT2D eigenvalue weighted by Crippen LogP contribution is 2.35. The first-order chi connectivity index (χ1) is 22.0. The standard InChI is InChI=1S/C33H40F3N9O/c1-22-9-10-23(31(46)40-25-18-24(33(34,35)36)19-26(20-25)44(4)16-15-43(2)3)17-28(22)41-30-29-27(38-21-39-30)11-12-37-32(42-29)45-13-7-5-6-8-14-45/h9-10,12,17-21H,5-8,11,13-16H2,1-4H3,(H,40,46)(H,38,39,41). The van der Waals surface area contributed by atoms with Gasteiger partial charge in [0.15, 0.2) is 5.82 Å². The number of hydrogen-bond donors (Lipinski definition) is 2. The van der Waals surface area contributed by atoms with E-state index in [9.17, 15) is 18.0 Å². The molecule has 3 heterocycles. The van der Waals surface area contributed by atoms with Gasteiger partial charge in [0.05, 0.1) is 11.3 Å². The van der Waals surface area contributed by atoms with Gasteiger partial charge in [-0.1, -0.05) is 18.9 Å². The average Bonchev–Trinajstić information content (AvgIpc) is 3.42. The second-order valence-electron chi connectivity index (χ2n) is 11.9. The van der Waals surface area contributed by atoms with Crippen LogP contribution in [-0.2, 0) is 12.6 Å². The predicted molar refractivity (Wildman–Crippen MR) is 177 cm³/mol. The number of amides is 1. The van der Waals surface area contributed by atoms with E-state index in [4.69, 9.17) is 4.99 Å². The Labute approximate surface area is 267 Å². The van der Waals surface area contributed by atoms with Crippen LogP contribution in [-0.4, -0.2) is 85.2 Å². The molecule has 2 aliphatic rings. The van der Waals surface area contributed by atoms with Gasteiger partial charge in [-0.25, -0.2) is 20.0 Å². The third kappa shape index (κ3) is 8.19. The molecule has 2 N–H and O–H groups in total. The summed E-state index contributed by atoms with van der Waals surface area (Å²) in [5.41, 5.74) is 2.61. The monoisotopic (exact) mass is 635 g/mol. The van der Waals surface area contributed by atoms with Crippen molar-refractivity contribution < 1.29 is 18.0 Å². The van der Waals surface area contributed by atoms with E-state index in [-0.39, 0.29) is 11.3 Å². The molecule has 0 atom stereocenters. The summed E-state index contributed by atoms with van der Waals surface area (Å²) in [6.07, 6.45) is 3.75. The Balaban J connectivity index is 1.40. The number of hydrogen-bond acceptors (Lipinski definition) is 9. The summed E-state index contributed by atoms with van der Waals surface area (Å²) < 4.78 is 41.4. The average molecular weight is 636 g/mol. The van der Waals surface area contributed by atoms with Gasteiger partial charge >= 0.3 is 6.18 Å². The largest absolute Gasteiger partial charge is 0.416 e. The first-order valence-electron chi connectivity index (χ1n) is 15.4. The highest BCUT2D eigenvalue weighted by Gasteiger charge is 2.32. The summed E-state index contributed by atoms with van der Waals surface area (Å²) in [7, 11) is 5.52. The minimum absolute atomic E-state index is 0.0538. The number of nitrogens with one attached hydrogen (secondary N) is 2. The van der Waals surface area contributed by atoms with Crippen molar-refractivity contribution in [2.75, 3.05) is 62.9 Å².